The lowest BCUT2D eigenvalue weighted by molar-refractivity contribution is 0.0923. The van der Waals surface area contributed by atoms with Gasteiger partial charge in [0, 0.05) is 56.1 Å². The number of aromatic amines is 1. The molecule has 0 spiro atoms. The molecule has 2 aliphatic heterocycles. The summed E-state index contributed by atoms with van der Waals surface area (Å²) in [5.74, 6) is 1.31. The molecular formula is C21H29N5O2. The molecule has 150 valence electrons. The van der Waals surface area contributed by atoms with Crippen molar-refractivity contribution in [1.29, 1.82) is 0 Å². The lowest BCUT2D eigenvalue weighted by Crippen LogP contribution is -2.48. The van der Waals surface area contributed by atoms with Crippen LogP contribution in [-0.2, 0) is 13.0 Å². The first-order chi connectivity index (χ1) is 13.5. The van der Waals surface area contributed by atoms with E-state index in [-0.39, 0.29) is 11.5 Å². The van der Waals surface area contributed by atoms with Crippen molar-refractivity contribution in [2.45, 2.75) is 39.2 Å². The van der Waals surface area contributed by atoms with Gasteiger partial charge in [0.15, 0.2) is 0 Å². The summed E-state index contributed by atoms with van der Waals surface area (Å²) >= 11 is 0. The van der Waals surface area contributed by atoms with Crippen molar-refractivity contribution in [3.05, 3.63) is 51.7 Å². The highest BCUT2D eigenvalue weighted by atomic mass is 16.2. The summed E-state index contributed by atoms with van der Waals surface area (Å²) in [6.45, 7) is 8.43. The number of fused-ring (bicyclic) bond motifs is 4. The number of amides is 1. The summed E-state index contributed by atoms with van der Waals surface area (Å²) in [4.78, 5) is 26.9. The van der Waals surface area contributed by atoms with Gasteiger partial charge in [-0.1, -0.05) is 19.9 Å². The van der Waals surface area contributed by atoms with E-state index in [9.17, 15) is 9.59 Å². The van der Waals surface area contributed by atoms with Crippen LogP contribution in [0.3, 0.4) is 0 Å². The second-order valence-corrected chi connectivity index (χ2v) is 8.59. The second kappa shape index (κ2) is 7.91. The molecule has 1 saturated heterocycles. The number of likely N-dealkylation sites (tertiary alicyclic amines) is 1. The van der Waals surface area contributed by atoms with Gasteiger partial charge in [0.25, 0.3) is 11.5 Å². The Balaban J connectivity index is 1.30. The monoisotopic (exact) mass is 383 g/mol. The van der Waals surface area contributed by atoms with Crippen LogP contribution in [0, 0.1) is 11.8 Å². The van der Waals surface area contributed by atoms with Crippen LogP contribution in [0.2, 0.25) is 0 Å². The smallest absolute Gasteiger partial charge is 0.271 e. The van der Waals surface area contributed by atoms with E-state index in [1.807, 2.05) is 16.7 Å². The summed E-state index contributed by atoms with van der Waals surface area (Å²) in [5, 5.41) is 10.1. The average molecular weight is 383 g/mol. The van der Waals surface area contributed by atoms with Crippen LogP contribution < -0.4 is 10.9 Å². The number of rotatable bonds is 6. The van der Waals surface area contributed by atoms with Gasteiger partial charge in [-0.15, -0.1) is 0 Å². The van der Waals surface area contributed by atoms with Crippen molar-refractivity contribution in [2.75, 3.05) is 26.2 Å². The lowest BCUT2D eigenvalue weighted by Gasteiger charge is -2.42. The van der Waals surface area contributed by atoms with E-state index < -0.39 is 0 Å². The molecule has 0 aromatic carbocycles. The largest absolute Gasteiger partial charge is 0.349 e. The fraction of sp³-hybridized carbons (Fsp3) is 0.571. The van der Waals surface area contributed by atoms with E-state index in [4.69, 9.17) is 0 Å². The Morgan fingerprint density at radius 3 is 3.00 bits per heavy atom. The molecule has 1 amide bonds. The van der Waals surface area contributed by atoms with Crippen LogP contribution in [0.25, 0.3) is 0 Å². The van der Waals surface area contributed by atoms with Gasteiger partial charge in [-0.3, -0.25) is 14.7 Å². The highest BCUT2D eigenvalue weighted by Crippen LogP contribution is 2.34. The maximum Gasteiger partial charge on any atom is 0.271 e. The minimum absolute atomic E-state index is 0.115. The maximum absolute atomic E-state index is 12.3. The van der Waals surface area contributed by atoms with Gasteiger partial charge in [-0.25, -0.2) is 0 Å². The molecule has 28 heavy (non-hydrogen) atoms. The highest BCUT2D eigenvalue weighted by molar-refractivity contribution is 5.92. The van der Waals surface area contributed by atoms with Gasteiger partial charge in [-0.2, -0.15) is 5.10 Å². The van der Waals surface area contributed by atoms with E-state index in [2.05, 4.69) is 40.3 Å². The van der Waals surface area contributed by atoms with Gasteiger partial charge in [-0.05, 0) is 36.8 Å². The third kappa shape index (κ3) is 4.04. The zero-order chi connectivity index (χ0) is 19.7. The van der Waals surface area contributed by atoms with Crippen LogP contribution in [0.15, 0.2) is 29.1 Å². The quantitative estimate of drug-likeness (QED) is 0.794. The molecule has 0 radical (unpaired) electrons. The molecular weight excluding hydrogens is 354 g/mol. The van der Waals surface area contributed by atoms with E-state index in [1.165, 1.54) is 0 Å². The number of piperidine rings is 1. The van der Waals surface area contributed by atoms with Crippen molar-refractivity contribution in [2.24, 2.45) is 11.8 Å². The molecule has 4 heterocycles. The molecule has 0 unspecified atom stereocenters. The zero-order valence-electron chi connectivity index (χ0n) is 16.6. The topological polar surface area (TPSA) is 83.0 Å². The maximum atomic E-state index is 12.3. The standard InChI is InChI=1S/C21H29N5O2/c1-14(2)8-17-10-18(24-23-17)21(28)22-6-7-25-11-15-9-16(13-25)19-4-3-5-20(27)26(19)12-15/h3-5,10,14-16H,6-9,11-13H2,1-2H3,(H,22,28)(H,23,24)/t15-,16+/m1/s1. The number of H-pyrrole nitrogens is 1. The molecule has 7 heteroatoms. The number of nitrogens with one attached hydrogen (secondary N) is 2. The van der Waals surface area contributed by atoms with Gasteiger partial charge in [0.1, 0.15) is 5.69 Å². The molecule has 2 N–H and O–H groups in total. The van der Waals surface area contributed by atoms with Crippen molar-refractivity contribution in [3.8, 4) is 0 Å². The lowest BCUT2D eigenvalue weighted by atomic mass is 9.83. The predicted octanol–water partition coefficient (Wildman–Crippen LogP) is 1.62. The average Bonchev–Trinajstić information content (AvgIpc) is 3.10. The number of hydrogen-bond acceptors (Lipinski definition) is 4. The summed E-state index contributed by atoms with van der Waals surface area (Å²) < 4.78 is 1.95. The molecule has 0 saturated carbocycles. The Morgan fingerprint density at radius 2 is 2.18 bits per heavy atom. The van der Waals surface area contributed by atoms with Gasteiger partial charge >= 0.3 is 0 Å². The third-order valence-corrected chi connectivity index (χ3v) is 5.76. The van der Waals surface area contributed by atoms with Crippen LogP contribution in [0.5, 0.6) is 0 Å². The van der Waals surface area contributed by atoms with Gasteiger partial charge in [0.2, 0.25) is 0 Å². The van der Waals surface area contributed by atoms with Crippen LogP contribution in [0.4, 0.5) is 0 Å². The van der Waals surface area contributed by atoms with Gasteiger partial charge in [0.05, 0.1) is 0 Å². The first-order valence-electron chi connectivity index (χ1n) is 10.2. The van der Waals surface area contributed by atoms with Crippen molar-refractivity contribution >= 4 is 5.91 Å². The fourth-order valence-electron chi connectivity index (χ4n) is 4.62. The number of hydrogen-bond donors (Lipinski definition) is 2. The summed E-state index contributed by atoms with van der Waals surface area (Å²) in [7, 11) is 0. The summed E-state index contributed by atoms with van der Waals surface area (Å²) in [6, 6.07) is 7.44. The molecule has 7 nitrogen and oxygen atoms in total. The van der Waals surface area contributed by atoms with Gasteiger partial charge < -0.3 is 14.8 Å². The molecule has 2 atom stereocenters. The molecule has 4 rings (SSSR count). The van der Waals surface area contributed by atoms with Crippen LogP contribution in [-0.4, -0.2) is 51.8 Å². The number of aromatic nitrogens is 3. The Labute approximate surface area is 165 Å². The number of carbonyl (C=O) groups is 1. The highest BCUT2D eigenvalue weighted by Gasteiger charge is 2.34. The van der Waals surface area contributed by atoms with Crippen molar-refractivity contribution in [1.82, 2.24) is 25.0 Å². The van der Waals surface area contributed by atoms with Crippen molar-refractivity contribution < 1.29 is 4.79 Å². The van der Waals surface area contributed by atoms with E-state index in [0.29, 0.717) is 30.0 Å². The number of carbonyl (C=O) groups excluding carboxylic acids is 1. The fourth-order valence-corrected chi connectivity index (χ4v) is 4.62. The van der Waals surface area contributed by atoms with Crippen LogP contribution in [0.1, 0.15) is 48.1 Å². The molecule has 2 aromatic rings. The van der Waals surface area contributed by atoms with Crippen LogP contribution >= 0.6 is 0 Å². The number of pyridine rings is 1. The summed E-state index contributed by atoms with van der Waals surface area (Å²) in [5.41, 5.74) is 2.73. The molecule has 2 bridgehead atoms. The van der Waals surface area contributed by atoms with E-state index in [1.54, 1.807) is 6.07 Å². The SMILES string of the molecule is CC(C)Cc1cc(C(=O)NCCN2C[C@H]3C[C@@H](C2)c2cccc(=O)n2C3)n[nH]1. The van der Waals surface area contributed by atoms with Crippen molar-refractivity contribution in [3.63, 3.8) is 0 Å². The molecule has 2 aliphatic rings. The summed E-state index contributed by atoms with van der Waals surface area (Å²) in [6.07, 6.45) is 2.04. The Hall–Kier alpha value is -2.41. The Kier molecular flexibility index (Phi) is 5.35. The predicted molar refractivity (Wildman–Crippen MR) is 107 cm³/mol. The first kappa shape index (κ1) is 18.9. The minimum Gasteiger partial charge on any atom is -0.349 e. The zero-order valence-corrected chi connectivity index (χ0v) is 16.6. The third-order valence-electron chi connectivity index (χ3n) is 5.76. The number of nitrogens with zero attached hydrogens (tertiary/aromatic N) is 3. The van der Waals surface area contributed by atoms with E-state index >= 15 is 0 Å². The molecule has 0 aliphatic carbocycles. The van der Waals surface area contributed by atoms with E-state index in [0.717, 1.165) is 50.4 Å². The second-order valence-electron chi connectivity index (χ2n) is 8.59. The minimum atomic E-state index is -0.125. The first-order valence-corrected chi connectivity index (χ1v) is 10.2. The Bertz CT molecular complexity index is 900. The molecule has 1 fully saturated rings. The molecule has 2 aromatic heterocycles. The Morgan fingerprint density at radius 1 is 1.32 bits per heavy atom. The normalized spacial score (nSPS) is 21.5.